The Morgan fingerprint density at radius 3 is 2.58 bits per heavy atom. The Morgan fingerprint density at radius 2 is 1.87 bits per heavy atom. The number of likely N-dealkylation sites (tertiary alicyclic amines) is 1. The molecule has 7 heteroatoms. The molecule has 2 heterocycles. The van der Waals surface area contributed by atoms with Crippen LogP contribution >= 0.6 is 0 Å². The number of nitrogens with zero attached hydrogens (tertiary/aromatic N) is 2. The van der Waals surface area contributed by atoms with Crippen LogP contribution in [-0.2, 0) is 11.2 Å². The van der Waals surface area contributed by atoms with Crippen molar-refractivity contribution in [1.29, 1.82) is 0 Å². The number of anilines is 2. The van der Waals surface area contributed by atoms with Crippen LogP contribution in [0.15, 0.2) is 65.4 Å². The number of amides is 3. The summed E-state index contributed by atoms with van der Waals surface area (Å²) in [6.07, 6.45) is 5.23. The Kier molecular flexibility index (Phi) is 6.02. The number of carbonyl (C=O) groups excluding carboxylic acids is 2. The number of urea groups is 1. The number of rotatable bonds is 5. The van der Waals surface area contributed by atoms with Gasteiger partial charge >= 0.3 is 6.03 Å². The molecular weight excluding hydrogens is 392 g/mol. The predicted octanol–water partition coefficient (Wildman–Crippen LogP) is 4.92. The topological polar surface area (TPSA) is 87.5 Å². The first-order chi connectivity index (χ1) is 15.0. The van der Waals surface area contributed by atoms with E-state index in [4.69, 9.17) is 4.42 Å². The highest BCUT2D eigenvalue weighted by Gasteiger charge is 2.37. The highest BCUT2D eigenvalue weighted by atomic mass is 16.3. The van der Waals surface area contributed by atoms with E-state index in [1.165, 1.54) is 0 Å². The third-order valence-electron chi connectivity index (χ3n) is 5.65. The van der Waals surface area contributed by atoms with E-state index in [0.29, 0.717) is 11.6 Å². The smallest absolute Gasteiger partial charge is 0.323 e. The average molecular weight is 418 g/mol. The van der Waals surface area contributed by atoms with Crippen LogP contribution in [0.3, 0.4) is 0 Å². The predicted molar refractivity (Wildman–Crippen MR) is 119 cm³/mol. The fourth-order valence-corrected chi connectivity index (χ4v) is 4.02. The van der Waals surface area contributed by atoms with Gasteiger partial charge in [0.1, 0.15) is 12.3 Å². The molecule has 3 aromatic rings. The molecule has 4 rings (SSSR count). The number of nitrogens with one attached hydrogen (secondary N) is 2. The van der Waals surface area contributed by atoms with E-state index < -0.39 is 0 Å². The maximum absolute atomic E-state index is 13.0. The molecule has 1 aliphatic rings. The molecule has 0 spiro atoms. The number of carbonyl (C=O) groups is 2. The van der Waals surface area contributed by atoms with Crippen LogP contribution < -0.4 is 10.6 Å². The third-order valence-corrected chi connectivity index (χ3v) is 5.65. The minimum Gasteiger partial charge on any atom is -0.447 e. The molecule has 1 fully saturated rings. The molecule has 0 radical (unpaired) electrons. The summed E-state index contributed by atoms with van der Waals surface area (Å²) in [6.45, 7) is 4.00. The Morgan fingerprint density at radius 1 is 1.10 bits per heavy atom. The van der Waals surface area contributed by atoms with Crippen LogP contribution in [-0.4, -0.2) is 27.9 Å². The van der Waals surface area contributed by atoms with E-state index in [0.717, 1.165) is 29.7 Å². The van der Waals surface area contributed by atoms with Gasteiger partial charge in [0.15, 0.2) is 0 Å². The van der Waals surface area contributed by atoms with Crippen LogP contribution in [0, 0.1) is 6.92 Å². The van der Waals surface area contributed by atoms with Crippen molar-refractivity contribution in [3.05, 3.63) is 78.0 Å². The number of para-hydroxylation sites is 1. The van der Waals surface area contributed by atoms with Crippen LogP contribution in [0.2, 0.25) is 0 Å². The van der Waals surface area contributed by atoms with E-state index in [1.807, 2.05) is 48.2 Å². The highest BCUT2D eigenvalue weighted by molar-refractivity contribution is 6.00. The van der Waals surface area contributed by atoms with E-state index in [2.05, 4.69) is 22.5 Å². The average Bonchev–Trinajstić information content (AvgIpc) is 3.41. The Labute approximate surface area is 181 Å². The van der Waals surface area contributed by atoms with Gasteiger partial charge in [-0.05, 0) is 56.0 Å². The Bertz CT molecular complexity index is 1050. The van der Waals surface area contributed by atoms with Gasteiger partial charge in [-0.2, -0.15) is 0 Å². The van der Waals surface area contributed by atoms with Gasteiger partial charge in [-0.3, -0.25) is 4.79 Å². The molecule has 2 unspecified atom stereocenters. The third kappa shape index (κ3) is 4.77. The fourth-order valence-electron chi connectivity index (χ4n) is 4.02. The van der Waals surface area contributed by atoms with E-state index in [-0.39, 0.29) is 30.4 Å². The fraction of sp³-hybridized carbons (Fsp3) is 0.292. The first kappa shape index (κ1) is 20.7. The largest absolute Gasteiger partial charge is 0.447 e. The first-order valence-electron chi connectivity index (χ1n) is 10.4. The standard InChI is InChI=1S/C24H26N4O3/c1-16-5-3-4-6-20(16)27-24(30)26-19-10-8-18(9-11-19)15-22(29)28-17(2)7-12-21(28)23-25-13-14-31-23/h3-6,8-11,13-14,17,21H,7,12,15H2,1-2H3,(H2,26,27,30). The molecule has 7 nitrogen and oxygen atoms in total. The SMILES string of the molecule is Cc1ccccc1NC(=O)Nc1ccc(CC(=O)N2C(C)CCC2c2ncco2)cc1. The number of oxazole rings is 1. The molecule has 2 atom stereocenters. The summed E-state index contributed by atoms with van der Waals surface area (Å²) in [5, 5.41) is 5.66. The number of hydrogen-bond acceptors (Lipinski definition) is 4. The zero-order chi connectivity index (χ0) is 21.8. The van der Waals surface area contributed by atoms with E-state index in [9.17, 15) is 9.59 Å². The molecule has 160 valence electrons. The van der Waals surface area contributed by atoms with Crippen LogP contribution in [0.25, 0.3) is 0 Å². The molecule has 1 aromatic heterocycles. The summed E-state index contributed by atoms with van der Waals surface area (Å²) in [7, 11) is 0. The Hall–Kier alpha value is -3.61. The monoisotopic (exact) mass is 418 g/mol. The van der Waals surface area contributed by atoms with Gasteiger partial charge in [-0.1, -0.05) is 30.3 Å². The second-order valence-corrected chi connectivity index (χ2v) is 7.88. The van der Waals surface area contributed by atoms with Crippen molar-refractivity contribution < 1.29 is 14.0 Å². The summed E-state index contributed by atoms with van der Waals surface area (Å²) in [5.41, 5.74) is 3.31. The van der Waals surface area contributed by atoms with Crippen molar-refractivity contribution in [3.8, 4) is 0 Å². The van der Waals surface area contributed by atoms with Crippen LogP contribution in [0.5, 0.6) is 0 Å². The highest BCUT2D eigenvalue weighted by Crippen LogP contribution is 2.35. The van der Waals surface area contributed by atoms with Crippen molar-refractivity contribution in [2.75, 3.05) is 10.6 Å². The minimum absolute atomic E-state index is 0.0474. The molecule has 0 saturated carbocycles. The number of hydrogen-bond donors (Lipinski definition) is 2. The lowest BCUT2D eigenvalue weighted by atomic mass is 10.1. The lowest BCUT2D eigenvalue weighted by Gasteiger charge is -2.27. The van der Waals surface area contributed by atoms with Crippen molar-refractivity contribution in [3.63, 3.8) is 0 Å². The van der Waals surface area contributed by atoms with Gasteiger partial charge in [-0.15, -0.1) is 0 Å². The maximum Gasteiger partial charge on any atom is 0.323 e. The van der Waals surface area contributed by atoms with Gasteiger partial charge in [0, 0.05) is 17.4 Å². The number of aromatic nitrogens is 1. The quantitative estimate of drug-likeness (QED) is 0.616. The van der Waals surface area contributed by atoms with E-state index in [1.54, 1.807) is 24.6 Å². The van der Waals surface area contributed by atoms with Crippen LogP contribution in [0.1, 0.15) is 42.8 Å². The van der Waals surface area contributed by atoms with Crippen molar-refractivity contribution in [2.24, 2.45) is 0 Å². The molecule has 31 heavy (non-hydrogen) atoms. The number of benzene rings is 2. The van der Waals surface area contributed by atoms with Gasteiger partial charge in [-0.25, -0.2) is 9.78 Å². The lowest BCUT2D eigenvalue weighted by Crippen LogP contribution is -2.37. The summed E-state index contributed by atoms with van der Waals surface area (Å²) in [6, 6.07) is 14.7. The maximum atomic E-state index is 13.0. The summed E-state index contributed by atoms with van der Waals surface area (Å²) >= 11 is 0. The summed E-state index contributed by atoms with van der Waals surface area (Å²) < 4.78 is 5.45. The summed E-state index contributed by atoms with van der Waals surface area (Å²) in [4.78, 5) is 31.4. The second-order valence-electron chi connectivity index (χ2n) is 7.88. The Balaban J connectivity index is 1.36. The van der Waals surface area contributed by atoms with Gasteiger partial charge in [0.05, 0.1) is 12.6 Å². The van der Waals surface area contributed by atoms with Gasteiger partial charge < -0.3 is 20.0 Å². The first-order valence-corrected chi connectivity index (χ1v) is 10.4. The molecule has 0 aliphatic carbocycles. The zero-order valence-corrected chi connectivity index (χ0v) is 17.7. The van der Waals surface area contributed by atoms with Crippen LogP contribution in [0.4, 0.5) is 16.2 Å². The minimum atomic E-state index is -0.308. The lowest BCUT2D eigenvalue weighted by molar-refractivity contribution is -0.133. The molecular formula is C24H26N4O3. The molecule has 2 N–H and O–H groups in total. The molecule has 1 aliphatic heterocycles. The second kappa shape index (κ2) is 9.04. The van der Waals surface area contributed by atoms with Gasteiger partial charge in [0.25, 0.3) is 0 Å². The molecule has 3 amide bonds. The van der Waals surface area contributed by atoms with Crippen molar-refractivity contribution >= 4 is 23.3 Å². The van der Waals surface area contributed by atoms with Crippen molar-refractivity contribution in [2.45, 2.75) is 45.2 Å². The number of aryl methyl sites for hydroxylation is 1. The summed E-state index contributed by atoms with van der Waals surface area (Å²) in [5.74, 6) is 0.642. The van der Waals surface area contributed by atoms with E-state index >= 15 is 0 Å². The van der Waals surface area contributed by atoms with Gasteiger partial charge in [0.2, 0.25) is 11.8 Å². The zero-order valence-electron chi connectivity index (χ0n) is 17.7. The molecule has 1 saturated heterocycles. The molecule has 0 bridgehead atoms. The normalized spacial score (nSPS) is 18.1. The van der Waals surface area contributed by atoms with Crippen molar-refractivity contribution in [1.82, 2.24) is 9.88 Å². The molecule has 2 aromatic carbocycles.